The second-order valence-electron chi connectivity index (χ2n) is 8.94. The van der Waals surface area contributed by atoms with E-state index < -0.39 is 0 Å². The highest BCUT2D eigenvalue weighted by Gasteiger charge is 2.38. The zero-order chi connectivity index (χ0) is 24.5. The number of carbonyl (C=O) groups is 2. The van der Waals surface area contributed by atoms with Gasteiger partial charge in [0.15, 0.2) is 5.78 Å². The number of ketones is 1. The molecule has 1 amide bonds. The summed E-state index contributed by atoms with van der Waals surface area (Å²) in [6.45, 7) is 0. The zero-order valence-corrected chi connectivity index (χ0v) is 19.6. The van der Waals surface area contributed by atoms with Gasteiger partial charge in [0.05, 0.1) is 11.3 Å². The number of amides is 1. The molecule has 0 aromatic heterocycles. The molecule has 3 heteroatoms. The maximum Gasteiger partial charge on any atom is 0.263 e. The maximum absolute atomic E-state index is 13.9. The zero-order valence-electron chi connectivity index (χ0n) is 19.6. The van der Waals surface area contributed by atoms with E-state index in [1.807, 2.05) is 97.2 Å². The van der Waals surface area contributed by atoms with Crippen molar-refractivity contribution in [3.8, 4) is 0 Å². The first-order valence-electron chi connectivity index (χ1n) is 12.0. The van der Waals surface area contributed by atoms with Crippen molar-refractivity contribution in [2.45, 2.75) is 6.42 Å². The Morgan fingerprint density at radius 3 is 1.78 bits per heavy atom. The third-order valence-electron chi connectivity index (χ3n) is 6.64. The van der Waals surface area contributed by atoms with E-state index in [-0.39, 0.29) is 11.7 Å². The molecule has 0 saturated heterocycles. The molecule has 0 fully saturated rings. The molecule has 0 spiro atoms. The summed E-state index contributed by atoms with van der Waals surface area (Å²) in [6.07, 6.45) is 11.7. The first-order valence-corrected chi connectivity index (χ1v) is 12.0. The molecule has 0 bridgehead atoms. The van der Waals surface area contributed by atoms with Gasteiger partial charge in [-0.2, -0.15) is 0 Å². The van der Waals surface area contributed by atoms with Crippen LogP contribution < -0.4 is 0 Å². The van der Waals surface area contributed by atoms with Crippen LogP contribution in [0.5, 0.6) is 0 Å². The molecular formula is C33H23NO2. The van der Waals surface area contributed by atoms with Crippen LogP contribution >= 0.6 is 0 Å². The molecule has 36 heavy (non-hydrogen) atoms. The lowest BCUT2D eigenvalue weighted by Crippen LogP contribution is -2.24. The van der Waals surface area contributed by atoms with Crippen LogP contribution in [0.2, 0.25) is 0 Å². The van der Waals surface area contributed by atoms with E-state index >= 15 is 0 Å². The number of benzene rings is 3. The van der Waals surface area contributed by atoms with Gasteiger partial charge in [0.25, 0.3) is 5.91 Å². The van der Waals surface area contributed by atoms with Crippen LogP contribution in [-0.4, -0.2) is 16.6 Å². The minimum Gasteiger partial charge on any atom is -0.290 e. The van der Waals surface area contributed by atoms with Crippen molar-refractivity contribution in [2.24, 2.45) is 0 Å². The lowest BCUT2D eigenvalue weighted by molar-refractivity contribution is -0.120. The molecule has 2 aliphatic heterocycles. The molecule has 0 saturated carbocycles. The number of rotatable bonds is 4. The molecule has 3 aromatic rings. The summed E-state index contributed by atoms with van der Waals surface area (Å²) in [5.74, 6) is -0.0591. The van der Waals surface area contributed by atoms with E-state index in [0.717, 1.165) is 44.7 Å². The van der Waals surface area contributed by atoms with E-state index in [9.17, 15) is 9.59 Å². The summed E-state index contributed by atoms with van der Waals surface area (Å²) in [7, 11) is 0. The van der Waals surface area contributed by atoms with Gasteiger partial charge in [0.2, 0.25) is 0 Å². The van der Waals surface area contributed by atoms with Crippen molar-refractivity contribution in [1.82, 2.24) is 4.90 Å². The van der Waals surface area contributed by atoms with Crippen molar-refractivity contribution in [1.29, 1.82) is 0 Å². The summed E-state index contributed by atoms with van der Waals surface area (Å²) in [4.78, 5) is 27.6. The second kappa shape index (κ2) is 9.12. The van der Waals surface area contributed by atoms with Gasteiger partial charge < -0.3 is 0 Å². The minimum absolute atomic E-state index is 0.0229. The SMILES string of the molecule is O=C1C=CC(=C2C=C3C(c4ccccc4)=C(c4ccccc4)C(=O)N3C=C2Cc2ccccc2)C=C1. The van der Waals surface area contributed by atoms with Gasteiger partial charge in [-0.3, -0.25) is 14.5 Å². The minimum atomic E-state index is -0.0363. The van der Waals surface area contributed by atoms with E-state index in [4.69, 9.17) is 0 Å². The predicted octanol–water partition coefficient (Wildman–Crippen LogP) is 6.46. The van der Waals surface area contributed by atoms with Crippen LogP contribution in [-0.2, 0) is 16.0 Å². The fourth-order valence-corrected chi connectivity index (χ4v) is 4.94. The van der Waals surface area contributed by atoms with E-state index in [1.165, 1.54) is 0 Å². The Morgan fingerprint density at radius 1 is 0.611 bits per heavy atom. The fourth-order valence-electron chi connectivity index (χ4n) is 4.94. The smallest absolute Gasteiger partial charge is 0.263 e. The van der Waals surface area contributed by atoms with Crippen molar-refractivity contribution in [3.05, 3.63) is 167 Å². The number of nitrogens with zero attached hydrogens (tertiary/aromatic N) is 1. The van der Waals surface area contributed by atoms with Crippen LogP contribution in [0.3, 0.4) is 0 Å². The number of fused-ring (bicyclic) bond motifs is 1. The van der Waals surface area contributed by atoms with Crippen LogP contribution in [0.25, 0.3) is 11.1 Å². The normalized spacial score (nSPS) is 16.9. The number of hydrogen-bond acceptors (Lipinski definition) is 2. The average molecular weight is 466 g/mol. The molecule has 0 atom stereocenters. The number of allylic oxidation sites excluding steroid dienone is 9. The molecule has 3 aromatic carbocycles. The van der Waals surface area contributed by atoms with Crippen LogP contribution in [0.1, 0.15) is 16.7 Å². The lowest BCUT2D eigenvalue weighted by atomic mass is 9.88. The molecular weight excluding hydrogens is 442 g/mol. The van der Waals surface area contributed by atoms with Crippen molar-refractivity contribution in [2.75, 3.05) is 0 Å². The summed E-state index contributed by atoms with van der Waals surface area (Å²) in [5.41, 5.74) is 8.50. The Bertz CT molecular complexity index is 1530. The summed E-state index contributed by atoms with van der Waals surface area (Å²) >= 11 is 0. The van der Waals surface area contributed by atoms with Gasteiger partial charge in [-0.1, -0.05) is 103 Å². The average Bonchev–Trinajstić information content (AvgIpc) is 3.21. The third kappa shape index (κ3) is 3.91. The van der Waals surface area contributed by atoms with Gasteiger partial charge >= 0.3 is 0 Å². The monoisotopic (exact) mass is 465 g/mol. The highest BCUT2D eigenvalue weighted by atomic mass is 16.2. The molecule has 2 heterocycles. The molecule has 3 aliphatic rings. The number of hydrogen-bond donors (Lipinski definition) is 0. The largest absolute Gasteiger partial charge is 0.290 e. The van der Waals surface area contributed by atoms with E-state index in [0.29, 0.717) is 12.0 Å². The molecule has 6 rings (SSSR count). The highest BCUT2D eigenvalue weighted by Crippen LogP contribution is 2.45. The van der Waals surface area contributed by atoms with Crippen LogP contribution in [0, 0.1) is 0 Å². The van der Waals surface area contributed by atoms with Gasteiger partial charge in [-0.25, -0.2) is 0 Å². The Morgan fingerprint density at radius 2 is 1.17 bits per heavy atom. The maximum atomic E-state index is 13.9. The van der Waals surface area contributed by atoms with Crippen molar-refractivity contribution in [3.63, 3.8) is 0 Å². The van der Waals surface area contributed by atoms with E-state index in [2.05, 4.69) is 18.2 Å². The Kier molecular flexibility index (Phi) is 5.51. The molecule has 172 valence electrons. The Balaban J connectivity index is 1.57. The molecule has 1 aliphatic carbocycles. The Labute approximate surface area is 210 Å². The predicted molar refractivity (Wildman–Crippen MR) is 143 cm³/mol. The molecule has 0 radical (unpaired) electrons. The summed E-state index contributed by atoms with van der Waals surface area (Å²) in [6, 6.07) is 30.2. The molecule has 3 nitrogen and oxygen atoms in total. The topological polar surface area (TPSA) is 37.4 Å². The van der Waals surface area contributed by atoms with E-state index in [1.54, 1.807) is 17.1 Å². The molecule has 0 unspecified atom stereocenters. The number of carbonyl (C=O) groups excluding carboxylic acids is 2. The summed E-state index contributed by atoms with van der Waals surface area (Å²) < 4.78 is 0. The highest BCUT2D eigenvalue weighted by molar-refractivity contribution is 6.34. The van der Waals surface area contributed by atoms with Crippen LogP contribution in [0.4, 0.5) is 0 Å². The third-order valence-corrected chi connectivity index (χ3v) is 6.64. The van der Waals surface area contributed by atoms with Gasteiger partial charge in [0.1, 0.15) is 0 Å². The lowest BCUT2D eigenvalue weighted by Gasteiger charge is -2.26. The van der Waals surface area contributed by atoms with Gasteiger partial charge in [0, 0.05) is 11.8 Å². The van der Waals surface area contributed by atoms with Gasteiger partial charge in [-0.05, 0) is 58.1 Å². The Hall–Kier alpha value is -4.76. The van der Waals surface area contributed by atoms with Gasteiger partial charge in [-0.15, -0.1) is 0 Å². The fraction of sp³-hybridized carbons (Fsp3) is 0.0303. The first-order chi connectivity index (χ1) is 17.7. The molecule has 0 N–H and O–H groups in total. The summed E-state index contributed by atoms with van der Waals surface area (Å²) in [5, 5.41) is 0. The standard InChI is InChI=1S/C33H23NO2/c35-28-18-16-24(17-19-28)29-21-30-31(25-12-6-2-7-13-25)32(26-14-8-3-9-15-26)33(36)34(30)22-27(29)20-23-10-4-1-5-11-23/h1-19,21-22H,20H2. The van der Waals surface area contributed by atoms with Crippen molar-refractivity contribution < 1.29 is 9.59 Å². The first kappa shape index (κ1) is 21.8. The van der Waals surface area contributed by atoms with Crippen LogP contribution in [0.15, 0.2) is 150 Å². The van der Waals surface area contributed by atoms with Crippen molar-refractivity contribution >= 4 is 22.8 Å². The second-order valence-corrected chi connectivity index (χ2v) is 8.94. The quantitative estimate of drug-likeness (QED) is 0.444.